The molecule has 0 aliphatic carbocycles. The molecule has 0 fully saturated rings. The van der Waals surface area contributed by atoms with Crippen molar-refractivity contribution in [1.82, 2.24) is 4.98 Å². The van der Waals surface area contributed by atoms with Gasteiger partial charge in [-0.1, -0.05) is 24.3 Å². The number of nitrogens with zero attached hydrogens (tertiary/aromatic N) is 1. The molecule has 10 heavy (non-hydrogen) atoms. The van der Waals surface area contributed by atoms with Crippen molar-refractivity contribution in [2.75, 3.05) is 0 Å². The Bertz CT molecular complexity index is 379. The fraction of sp³-hybridized carbons (Fsp3) is 0. The molecule has 0 amide bonds. The Kier molecular flexibility index (Phi) is 0.935. The molecule has 2 rings (SSSR count). The lowest BCUT2D eigenvalue weighted by molar-refractivity contribution is 1.36. The molecule has 1 heteroatoms. The minimum atomic E-state index is 0.489. The van der Waals surface area contributed by atoms with E-state index in [0.717, 1.165) is 10.8 Å². The number of benzene rings is 1. The first kappa shape index (κ1) is 4.45. The lowest BCUT2D eigenvalue weighted by Gasteiger charge is -1.91. The Morgan fingerprint density at radius 1 is 1.20 bits per heavy atom. The van der Waals surface area contributed by atoms with E-state index < -0.39 is 0 Å². The van der Waals surface area contributed by atoms with Crippen molar-refractivity contribution in [3.05, 3.63) is 42.7 Å². The standard InChI is InChI=1S/C9H7N/c1-2-4-9-7-10-6-5-8(9)3-1/h1-7H/i5D. The number of fused-ring (bicyclic) bond motifs is 1. The normalized spacial score (nSPS) is 11.4. The van der Waals surface area contributed by atoms with Crippen molar-refractivity contribution in [3.63, 3.8) is 0 Å². The largest absolute Gasteiger partial charge is 0.264 e. The van der Waals surface area contributed by atoms with Crippen LogP contribution in [-0.4, -0.2) is 4.98 Å². The van der Waals surface area contributed by atoms with Crippen LogP contribution in [0.25, 0.3) is 10.8 Å². The van der Waals surface area contributed by atoms with Gasteiger partial charge in [-0.15, -0.1) is 0 Å². The van der Waals surface area contributed by atoms with E-state index in [1.54, 1.807) is 12.4 Å². The molecule has 0 atom stereocenters. The topological polar surface area (TPSA) is 12.9 Å². The van der Waals surface area contributed by atoms with Crippen molar-refractivity contribution in [1.29, 1.82) is 0 Å². The molecule has 0 aliphatic heterocycles. The number of aromatic nitrogens is 1. The molecule has 1 aromatic carbocycles. The summed E-state index contributed by atoms with van der Waals surface area (Å²) in [4.78, 5) is 3.92. The van der Waals surface area contributed by atoms with Gasteiger partial charge in [0, 0.05) is 12.4 Å². The van der Waals surface area contributed by atoms with Crippen LogP contribution in [0.3, 0.4) is 0 Å². The van der Waals surface area contributed by atoms with Crippen LogP contribution in [0.15, 0.2) is 42.7 Å². The van der Waals surface area contributed by atoms with Gasteiger partial charge >= 0.3 is 0 Å². The molecule has 0 saturated carbocycles. The van der Waals surface area contributed by atoms with Crippen LogP contribution in [0.4, 0.5) is 0 Å². The zero-order valence-electron chi connectivity index (χ0n) is 6.41. The molecule has 0 aliphatic rings. The molecule has 1 heterocycles. The van der Waals surface area contributed by atoms with Gasteiger partial charge in [0.1, 0.15) is 0 Å². The van der Waals surface area contributed by atoms with E-state index in [9.17, 15) is 0 Å². The fourth-order valence-corrected chi connectivity index (χ4v) is 0.965. The summed E-state index contributed by atoms with van der Waals surface area (Å²) in [5, 5.41) is 1.99. The van der Waals surface area contributed by atoms with Crippen LogP contribution in [0.2, 0.25) is 0 Å². The smallest absolute Gasteiger partial charge is 0.0646 e. The zero-order chi connectivity index (χ0) is 7.68. The van der Waals surface area contributed by atoms with Crippen molar-refractivity contribution in [2.24, 2.45) is 0 Å². The van der Waals surface area contributed by atoms with Crippen molar-refractivity contribution < 1.29 is 1.37 Å². The molecule has 0 spiro atoms. The summed E-state index contributed by atoms with van der Waals surface area (Å²) in [5.74, 6) is 0. The molecule has 0 saturated heterocycles. The summed E-state index contributed by atoms with van der Waals surface area (Å²) >= 11 is 0. The van der Waals surface area contributed by atoms with Crippen LogP contribution >= 0.6 is 0 Å². The van der Waals surface area contributed by atoms with Crippen LogP contribution in [0.1, 0.15) is 1.37 Å². The van der Waals surface area contributed by atoms with E-state index in [0.29, 0.717) is 6.04 Å². The van der Waals surface area contributed by atoms with E-state index in [1.807, 2.05) is 24.3 Å². The van der Waals surface area contributed by atoms with Gasteiger partial charge in [0.05, 0.1) is 1.37 Å². The third-order valence-electron chi connectivity index (χ3n) is 1.47. The van der Waals surface area contributed by atoms with Crippen molar-refractivity contribution in [2.45, 2.75) is 0 Å². The molecule has 48 valence electrons. The molecule has 0 radical (unpaired) electrons. The second-order valence-corrected chi connectivity index (χ2v) is 2.14. The molecule has 2 aromatic rings. The highest BCUT2D eigenvalue weighted by Gasteiger charge is 1.86. The maximum atomic E-state index is 7.50. The minimum Gasteiger partial charge on any atom is -0.264 e. The van der Waals surface area contributed by atoms with Gasteiger partial charge in [0.15, 0.2) is 0 Å². The second kappa shape index (κ2) is 2.10. The van der Waals surface area contributed by atoms with Gasteiger partial charge < -0.3 is 0 Å². The van der Waals surface area contributed by atoms with Gasteiger partial charge in [-0.05, 0) is 16.8 Å². The molecule has 0 N–H and O–H groups in total. The zero-order valence-corrected chi connectivity index (χ0v) is 5.41. The average Bonchev–Trinajstić information content (AvgIpc) is 2.06. The predicted octanol–water partition coefficient (Wildman–Crippen LogP) is 2.23. The monoisotopic (exact) mass is 130 g/mol. The first-order valence-electron chi connectivity index (χ1n) is 3.67. The van der Waals surface area contributed by atoms with Gasteiger partial charge in [-0.3, -0.25) is 4.98 Å². The van der Waals surface area contributed by atoms with Gasteiger partial charge in [-0.25, -0.2) is 0 Å². The lowest BCUT2D eigenvalue weighted by atomic mass is 10.2. The number of hydrogen-bond acceptors (Lipinski definition) is 1. The Morgan fingerprint density at radius 3 is 2.80 bits per heavy atom. The molecular weight excluding hydrogens is 122 g/mol. The molecule has 0 unspecified atom stereocenters. The fourth-order valence-electron chi connectivity index (χ4n) is 0.965. The molecule has 1 aromatic heterocycles. The van der Waals surface area contributed by atoms with Crippen molar-refractivity contribution in [3.8, 4) is 0 Å². The SMILES string of the molecule is [2H]c1cncc2ccccc12. The molecule has 0 bridgehead atoms. The third-order valence-corrected chi connectivity index (χ3v) is 1.47. The minimum absolute atomic E-state index is 0.489. The predicted molar refractivity (Wildman–Crippen MR) is 41.7 cm³/mol. The molecular formula is C9H7N. The summed E-state index contributed by atoms with van der Waals surface area (Å²) in [7, 11) is 0. The number of rotatable bonds is 0. The van der Waals surface area contributed by atoms with Crippen LogP contribution in [0.5, 0.6) is 0 Å². The summed E-state index contributed by atoms with van der Waals surface area (Å²) in [5.41, 5.74) is 0. The highest BCUT2D eigenvalue weighted by Crippen LogP contribution is 2.09. The first-order chi connectivity index (χ1) is 5.38. The van der Waals surface area contributed by atoms with Crippen LogP contribution in [-0.2, 0) is 0 Å². The Hall–Kier alpha value is -1.37. The summed E-state index contributed by atoms with van der Waals surface area (Å²) in [6.07, 6.45) is 3.33. The molecule has 1 nitrogen and oxygen atoms in total. The first-order valence-corrected chi connectivity index (χ1v) is 3.17. The second-order valence-electron chi connectivity index (χ2n) is 2.14. The van der Waals surface area contributed by atoms with E-state index >= 15 is 0 Å². The number of hydrogen-bond donors (Lipinski definition) is 0. The maximum Gasteiger partial charge on any atom is 0.0646 e. The van der Waals surface area contributed by atoms with Crippen molar-refractivity contribution >= 4 is 10.8 Å². The van der Waals surface area contributed by atoms with Gasteiger partial charge in [-0.2, -0.15) is 0 Å². The van der Waals surface area contributed by atoms with Crippen LogP contribution in [0, 0.1) is 0 Å². The Balaban J connectivity index is 2.91. The van der Waals surface area contributed by atoms with E-state index in [1.165, 1.54) is 0 Å². The average molecular weight is 130 g/mol. The Labute approximate surface area is 60.7 Å². The third kappa shape index (κ3) is 0.760. The van der Waals surface area contributed by atoms with Gasteiger partial charge in [0.2, 0.25) is 0 Å². The number of pyridine rings is 1. The van der Waals surface area contributed by atoms with E-state index in [2.05, 4.69) is 4.98 Å². The summed E-state index contributed by atoms with van der Waals surface area (Å²) < 4.78 is 7.50. The lowest BCUT2D eigenvalue weighted by Crippen LogP contribution is -1.71. The quantitative estimate of drug-likeness (QED) is 0.533. The summed E-state index contributed by atoms with van der Waals surface area (Å²) in [6.45, 7) is 0. The van der Waals surface area contributed by atoms with Gasteiger partial charge in [0.25, 0.3) is 0 Å². The highest BCUT2D eigenvalue weighted by atomic mass is 14.6. The summed E-state index contributed by atoms with van der Waals surface area (Å²) in [6, 6.07) is 8.26. The Morgan fingerprint density at radius 2 is 2.00 bits per heavy atom. The maximum absolute atomic E-state index is 7.50. The van der Waals surface area contributed by atoms with E-state index in [4.69, 9.17) is 1.37 Å². The van der Waals surface area contributed by atoms with E-state index in [-0.39, 0.29) is 0 Å². The highest BCUT2D eigenvalue weighted by molar-refractivity contribution is 5.80. The van der Waals surface area contributed by atoms with Crippen LogP contribution < -0.4 is 0 Å².